The van der Waals surface area contributed by atoms with Gasteiger partial charge in [0.25, 0.3) is 5.91 Å². The first-order chi connectivity index (χ1) is 14.4. The first kappa shape index (κ1) is 22.0. The van der Waals surface area contributed by atoms with Crippen molar-refractivity contribution in [2.45, 2.75) is 13.0 Å². The quantitative estimate of drug-likeness (QED) is 0.628. The van der Waals surface area contributed by atoms with Crippen molar-refractivity contribution in [3.63, 3.8) is 0 Å². The molecule has 1 saturated heterocycles. The summed E-state index contributed by atoms with van der Waals surface area (Å²) in [4.78, 5) is 30.6. The smallest absolute Gasteiger partial charge is 0.414 e. The molecule has 0 spiro atoms. The van der Waals surface area contributed by atoms with Crippen LogP contribution in [0.1, 0.15) is 16.1 Å². The van der Waals surface area contributed by atoms with E-state index in [1.54, 1.807) is 23.9 Å². The third kappa shape index (κ3) is 5.45. The molecule has 2 heterocycles. The number of hydrogen-bond donors (Lipinski definition) is 2. The molecular formula is C20H21FN4O3S2. The first-order valence-corrected chi connectivity index (χ1v) is 10.9. The van der Waals surface area contributed by atoms with Crippen LogP contribution in [0, 0.1) is 12.7 Å². The number of thiocarbonyl (C=S) groups is 1. The van der Waals surface area contributed by atoms with E-state index in [9.17, 15) is 14.0 Å². The normalized spacial score (nSPS) is 15.6. The van der Waals surface area contributed by atoms with E-state index < -0.39 is 23.9 Å². The minimum Gasteiger partial charge on any atom is -0.442 e. The maximum Gasteiger partial charge on any atom is 0.414 e. The van der Waals surface area contributed by atoms with Gasteiger partial charge in [-0.3, -0.25) is 14.7 Å². The number of pyridine rings is 1. The number of anilines is 2. The van der Waals surface area contributed by atoms with E-state index in [-0.39, 0.29) is 12.1 Å². The predicted molar refractivity (Wildman–Crippen MR) is 120 cm³/mol. The molecule has 7 nitrogen and oxygen atoms in total. The van der Waals surface area contributed by atoms with E-state index in [0.717, 1.165) is 11.8 Å². The number of aryl methyl sites for hydroxylation is 1. The van der Waals surface area contributed by atoms with Crippen molar-refractivity contribution in [3.05, 3.63) is 53.6 Å². The summed E-state index contributed by atoms with van der Waals surface area (Å²) in [5, 5.41) is 5.65. The summed E-state index contributed by atoms with van der Waals surface area (Å²) in [5.41, 5.74) is 1.46. The highest BCUT2D eigenvalue weighted by molar-refractivity contribution is 8.00. The number of hydrogen-bond acceptors (Lipinski definition) is 6. The topological polar surface area (TPSA) is 83.6 Å². The van der Waals surface area contributed by atoms with E-state index in [1.165, 1.54) is 23.2 Å². The molecule has 1 fully saturated rings. The number of thioether (sulfide) groups is 1. The van der Waals surface area contributed by atoms with Gasteiger partial charge in [-0.15, -0.1) is 0 Å². The zero-order valence-electron chi connectivity index (χ0n) is 16.5. The van der Waals surface area contributed by atoms with Gasteiger partial charge in [-0.1, -0.05) is 12.2 Å². The number of cyclic esters (lactones) is 1. The minimum absolute atomic E-state index is 0.132. The van der Waals surface area contributed by atoms with Gasteiger partial charge in [0.15, 0.2) is 0 Å². The van der Waals surface area contributed by atoms with Gasteiger partial charge in [-0.05, 0) is 43.5 Å². The Morgan fingerprint density at radius 3 is 2.87 bits per heavy atom. The minimum atomic E-state index is -0.736. The molecule has 0 radical (unpaired) electrons. The second kappa shape index (κ2) is 9.86. The molecule has 1 aliphatic rings. The highest BCUT2D eigenvalue weighted by atomic mass is 32.2. The largest absolute Gasteiger partial charge is 0.442 e. The molecule has 1 atom stereocenters. The van der Waals surface area contributed by atoms with E-state index >= 15 is 0 Å². The van der Waals surface area contributed by atoms with Gasteiger partial charge >= 0.3 is 6.09 Å². The maximum absolute atomic E-state index is 14.6. The van der Waals surface area contributed by atoms with E-state index in [1.807, 2.05) is 13.2 Å². The number of amides is 2. The number of aromatic nitrogens is 1. The van der Waals surface area contributed by atoms with E-state index in [2.05, 4.69) is 15.6 Å². The standard InChI is InChI=1S/C20H21FN4O3S2/c1-12-3-4-13(8-22-12)24-19(26)16-6-5-14(7-17(16)21)25-10-15(28-20(25)27)9-23-18(29)11-30-2/h3-8,15H,9-11H2,1-2H3,(H,23,29)(H,24,26)/t15-/m0/s1. The molecule has 0 aliphatic carbocycles. The number of halogens is 1. The molecule has 2 aromatic rings. The molecule has 10 heteroatoms. The molecule has 2 N–H and O–H groups in total. The molecule has 0 saturated carbocycles. The summed E-state index contributed by atoms with van der Waals surface area (Å²) >= 11 is 6.77. The Kier molecular flexibility index (Phi) is 7.22. The Bertz CT molecular complexity index is 956. The predicted octanol–water partition coefficient (Wildman–Crippen LogP) is 3.39. The van der Waals surface area contributed by atoms with Crippen LogP contribution in [-0.2, 0) is 4.74 Å². The number of carbonyl (C=O) groups is 2. The number of nitrogens with zero attached hydrogens (tertiary/aromatic N) is 2. The average Bonchev–Trinajstić information content (AvgIpc) is 3.09. The molecule has 0 unspecified atom stereocenters. The van der Waals surface area contributed by atoms with Crippen LogP contribution in [0.15, 0.2) is 36.5 Å². The second-order valence-corrected chi connectivity index (χ2v) is 8.02. The SMILES string of the molecule is CSCC(=S)NC[C@H]1CN(c2ccc(C(=O)Nc3ccc(C)nc3)c(F)c2)C(=O)O1. The van der Waals surface area contributed by atoms with Gasteiger partial charge in [0.2, 0.25) is 0 Å². The average molecular weight is 449 g/mol. The fraction of sp³-hybridized carbons (Fsp3) is 0.300. The molecule has 2 amide bonds. The van der Waals surface area contributed by atoms with Gasteiger partial charge in [0.1, 0.15) is 11.9 Å². The van der Waals surface area contributed by atoms with Crippen molar-refractivity contribution in [2.24, 2.45) is 0 Å². The molecule has 1 aromatic heterocycles. The summed E-state index contributed by atoms with van der Waals surface area (Å²) in [5.74, 6) is -0.647. The monoisotopic (exact) mass is 448 g/mol. The zero-order valence-corrected chi connectivity index (χ0v) is 18.1. The summed E-state index contributed by atoms with van der Waals surface area (Å²) in [6.07, 6.45) is 2.47. The van der Waals surface area contributed by atoms with Crippen LogP contribution in [0.3, 0.4) is 0 Å². The third-order valence-electron chi connectivity index (χ3n) is 4.35. The lowest BCUT2D eigenvalue weighted by Gasteiger charge is -2.15. The van der Waals surface area contributed by atoms with Gasteiger partial charge in [-0.2, -0.15) is 11.8 Å². The highest BCUT2D eigenvalue weighted by Gasteiger charge is 2.32. The lowest BCUT2D eigenvalue weighted by molar-refractivity contribution is 0.102. The Balaban J connectivity index is 1.64. The van der Waals surface area contributed by atoms with Crippen molar-refractivity contribution in [1.82, 2.24) is 10.3 Å². The molecule has 0 bridgehead atoms. The fourth-order valence-corrected chi connectivity index (χ4v) is 3.65. The van der Waals surface area contributed by atoms with Crippen LogP contribution in [-0.4, -0.2) is 53.2 Å². The number of carbonyl (C=O) groups excluding carboxylic acids is 2. The molecule has 1 aromatic carbocycles. The van der Waals surface area contributed by atoms with Crippen LogP contribution >= 0.6 is 24.0 Å². The number of ether oxygens (including phenoxy) is 1. The zero-order chi connectivity index (χ0) is 21.7. The van der Waals surface area contributed by atoms with Crippen molar-refractivity contribution in [2.75, 3.05) is 35.3 Å². The Morgan fingerprint density at radius 1 is 1.40 bits per heavy atom. The van der Waals surface area contributed by atoms with E-state index in [0.29, 0.717) is 28.7 Å². The Labute approximate surface area is 183 Å². The number of benzene rings is 1. The fourth-order valence-electron chi connectivity index (χ4n) is 2.84. The van der Waals surface area contributed by atoms with Crippen LogP contribution in [0.4, 0.5) is 20.6 Å². The third-order valence-corrected chi connectivity index (χ3v) is 5.40. The van der Waals surface area contributed by atoms with E-state index in [4.69, 9.17) is 17.0 Å². The number of nitrogens with one attached hydrogen (secondary N) is 2. The van der Waals surface area contributed by atoms with Crippen LogP contribution in [0.2, 0.25) is 0 Å². The van der Waals surface area contributed by atoms with Gasteiger partial charge in [-0.25, -0.2) is 9.18 Å². The lowest BCUT2D eigenvalue weighted by Crippen LogP contribution is -2.34. The van der Waals surface area contributed by atoms with Crippen molar-refractivity contribution in [1.29, 1.82) is 0 Å². The lowest BCUT2D eigenvalue weighted by atomic mass is 10.1. The van der Waals surface area contributed by atoms with Crippen molar-refractivity contribution in [3.8, 4) is 0 Å². The summed E-state index contributed by atoms with van der Waals surface area (Å²) in [6.45, 7) is 2.47. The summed E-state index contributed by atoms with van der Waals surface area (Å²) in [6, 6.07) is 7.44. The van der Waals surface area contributed by atoms with Gasteiger partial charge < -0.3 is 15.4 Å². The first-order valence-electron chi connectivity index (χ1n) is 9.14. The maximum atomic E-state index is 14.6. The van der Waals surface area contributed by atoms with Crippen molar-refractivity contribution >= 4 is 52.3 Å². The molecule has 3 rings (SSSR count). The Hall–Kier alpha value is -2.72. The van der Waals surface area contributed by atoms with Gasteiger partial charge in [0.05, 0.1) is 41.2 Å². The summed E-state index contributed by atoms with van der Waals surface area (Å²) < 4.78 is 19.9. The van der Waals surface area contributed by atoms with Crippen LogP contribution in [0.5, 0.6) is 0 Å². The van der Waals surface area contributed by atoms with Gasteiger partial charge in [0, 0.05) is 11.4 Å². The summed E-state index contributed by atoms with van der Waals surface area (Å²) in [7, 11) is 0. The number of rotatable bonds is 7. The van der Waals surface area contributed by atoms with Crippen LogP contribution < -0.4 is 15.5 Å². The van der Waals surface area contributed by atoms with Crippen molar-refractivity contribution < 1.29 is 18.7 Å². The second-order valence-electron chi connectivity index (χ2n) is 6.66. The molecule has 1 aliphatic heterocycles. The highest BCUT2D eigenvalue weighted by Crippen LogP contribution is 2.24. The molecule has 30 heavy (non-hydrogen) atoms. The van der Waals surface area contributed by atoms with Crippen LogP contribution in [0.25, 0.3) is 0 Å². The molecular weight excluding hydrogens is 427 g/mol. The Morgan fingerprint density at radius 2 is 2.20 bits per heavy atom. The molecule has 158 valence electrons.